The number of halogens is 1. The first-order chi connectivity index (χ1) is 16.5. The van der Waals surface area contributed by atoms with Gasteiger partial charge in [0.25, 0.3) is 11.7 Å². The standard InChI is InChI=1S/C28H26FNO5/c1-28(2,3)21-14-17(11-12-22(21)35-4)25(32)23-24(16-7-5-10-20(31)13-16)30(27(34)26(23)33)19-9-6-8-18(29)15-19/h5-15,24,31-32H,1-4H3/b25-23-. The van der Waals surface area contributed by atoms with Gasteiger partial charge in [-0.1, -0.05) is 39.0 Å². The number of ether oxygens (including phenoxy) is 1. The molecule has 4 rings (SSSR count). The minimum Gasteiger partial charge on any atom is -0.508 e. The van der Waals surface area contributed by atoms with Crippen molar-refractivity contribution in [1.82, 2.24) is 0 Å². The molecule has 2 N–H and O–H groups in total. The monoisotopic (exact) mass is 475 g/mol. The van der Waals surface area contributed by atoms with E-state index < -0.39 is 23.5 Å². The van der Waals surface area contributed by atoms with Crippen LogP contribution < -0.4 is 9.64 Å². The van der Waals surface area contributed by atoms with Gasteiger partial charge in [0, 0.05) is 16.8 Å². The summed E-state index contributed by atoms with van der Waals surface area (Å²) in [6.07, 6.45) is 0. The van der Waals surface area contributed by atoms with E-state index in [1.54, 1.807) is 37.4 Å². The maximum Gasteiger partial charge on any atom is 0.300 e. The molecule has 1 atom stereocenters. The molecule has 0 aromatic heterocycles. The quantitative estimate of drug-likeness (QED) is 0.297. The average Bonchev–Trinajstić information content (AvgIpc) is 3.08. The van der Waals surface area contributed by atoms with Crippen LogP contribution in [0.25, 0.3) is 5.76 Å². The van der Waals surface area contributed by atoms with E-state index in [-0.39, 0.29) is 28.2 Å². The van der Waals surface area contributed by atoms with Gasteiger partial charge in [-0.3, -0.25) is 14.5 Å². The largest absolute Gasteiger partial charge is 0.508 e. The molecule has 0 spiro atoms. The second-order valence-corrected chi connectivity index (χ2v) is 9.41. The van der Waals surface area contributed by atoms with Crippen molar-refractivity contribution in [2.24, 2.45) is 0 Å². The lowest BCUT2D eigenvalue weighted by atomic mass is 9.84. The first-order valence-electron chi connectivity index (χ1n) is 11.1. The molecule has 0 bridgehead atoms. The number of aliphatic hydroxyl groups is 1. The van der Waals surface area contributed by atoms with Gasteiger partial charge in [-0.25, -0.2) is 4.39 Å². The van der Waals surface area contributed by atoms with Crippen LogP contribution in [0.3, 0.4) is 0 Å². The Balaban J connectivity index is 1.97. The molecule has 1 aliphatic heterocycles. The van der Waals surface area contributed by atoms with Crippen LogP contribution in [0, 0.1) is 5.82 Å². The topological polar surface area (TPSA) is 87.1 Å². The Bertz CT molecular complexity index is 1360. The maximum atomic E-state index is 14.1. The number of phenols is 1. The predicted molar refractivity (Wildman–Crippen MR) is 131 cm³/mol. The van der Waals surface area contributed by atoms with Gasteiger partial charge in [0.15, 0.2) is 0 Å². The van der Waals surface area contributed by atoms with Crippen molar-refractivity contribution in [3.05, 3.63) is 94.8 Å². The number of carbonyl (C=O) groups excluding carboxylic acids is 2. The average molecular weight is 476 g/mol. The number of nitrogens with zero attached hydrogens (tertiary/aromatic N) is 1. The van der Waals surface area contributed by atoms with Crippen molar-refractivity contribution in [2.45, 2.75) is 32.2 Å². The number of hydrogen-bond acceptors (Lipinski definition) is 5. The fraction of sp³-hybridized carbons (Fsp3) is 0.214. The van der Waals surface area contributed by atoms with E-state index in [2.05, 4.69) is 0 Å². The van der Waals surface area contributed by atoms with Gasteiger partial charge in [-0.05, 0) is 59.5 Å². The molecule has 0 radical (unpaired) electrons. The highest BCUT2D eigenvalue weighted by atomic mass is 19.1. The molecule has 1 heterocycles. The maximum absolute atomic E-state index is 14.1. The van der Waals surface area contributed by atoms with E-state index in [1.807, 2.05) is 20.8 Å². The number of benzene rings is 3. The Morgan fingerprint density at radius 3 is 2.34 bits per heavy atom. The van der Waals surface area contributed by atoms with E-state index in [4.69, 9.17) is 4.74 Å². The van der Waals surface area contributed by atoms with E-state index in [9.17, 15) is 24.2 Å². The number of hydrogen-bond donors (Lipinski definition) is 2. The lowest BCUT2D eigenvalue weighted by molar-refractivity contribution is -0.132. The molecule has 0 saturated carbocycles. The van der Waals surface area contributed by atoms with Gasteiger partial charge in [0.1, 0.15) is 23.1 Å². The van der Waals surface area contributed by atoms with Gasteiger partial charge in [-0.2, -0.15) is 0 Å². The second-order valence-electron chi connectivity index (χ2n) is 9.41. The van der Waals surface area contributed by atoms with Gasteiger partial charge in [0.2, 0.25) is 0 Å². The van der Waals surface area contributed by atoms with Crippen molar-refractivity contribution < 1.29 is 28.9 Å². The number of phenolic OH excluding ortho intramolecular Hbond substituents is 1. The van der Waals surface area contributed by atoms with Crippen LogP contribution in [-0.4, -0.2) is 29.0 Å². The summed E-state index contributed by atoms with van der Waals surface area (Å²) in [7, 11) is 1.55. The highest BCUT2D eigenvalue weighted by Crippen LogP contribution is 2.43. The molecule has 1 aliphatic rings. The van der Waals surface area contributed by atoms with Gasteiger partial charge in [-0.15, -0.1) is 0 Å². The summed E-state index contributed by atoms with van der Waals surface area (Å²) in [5, 5.41) is 21.5. The molecule has 1 amide bonds. The van der Waals surface area contributed by atoms with E-state index >= 15 is 0 Å². The Morgan fingerprint density at radius 2 is 1.71 bits per heavy atom. The first kappa shape index (κ1) is 24.0. The van der Waals surface area contributed by atoms with Crippen molar-refractivity contribution in [2.75, 3.05) is 12.0 Å². The van der Waals surface area contributed by atoms with Gasteiger partial charge < -0.3 is 14.9 Å². The van der Waals surface area contributed by atoms with Crippen LogP contribution in [0.1, 0.15) is 43.5 Å². The zero-order chi connectivity index (χ0) is 25.5. The predicted octanol–water partition coefficient (Wildman–Crippen LogP) is 5.46. The first-order valence-corrected chi connectivity index (χ1v) is 11.1. The smallest absolute Gasteiger partial charge is 0.300 e. The molecule has 3 aromatic carbocycles. The van der Waals surface area contributed by atoms with Gasteiger partial charge in [0.05, 0.1) is 18.7 Å². The zero-order valence-electron chi connectivity index (χ0n) is 19.9. The summed E-state index contributed by atoms with van der Waals surface area (Å²) in [6.45, 7) is 5.97. The molecule has 6 nitrogen and oxygen atoms in total. The normalized spacial score (nSPS) is 17.6. The highest BCUT2D eigenvalue weighted by molar-refractivity contribution is 6.51. The summed E-state index contributed by atoms with van der Waals surface area (Å²) < 4.78 is 19.5. The SMILES string of the molecule is COc1ccc(/C(O)=C2/C(=O)C(=O)N(c3cccc(F)c3)C2c2cccc(O)c2)cc1C(C)(C)C. The molecule has 3 aromatic rings. The molecule has 1 unspecified atom stereocenters. The molecule has 1 saturated heterocycles. The van der Waals surface area contributed by atoms with E-state index in [0.29, 0.717) is 16.9 Å². The third-order valence-electron chi connectivity index (χ3n) is 6.00. The van der Waals surface area contributed by atoms with Crippen LogP contribution in [0.2, 0.25) is 0 Å². The van der Waals surface area contributed by atoms with Crippen molar-refractivity contribution >= 4 is 23.1 Å². The van der Waals surface area contributed by atoms with Crippen molar-refractivity contribution in [3.63, 3.8) is 0 Å². The number of carbonyl (C=O) groups is 2. The number of anilines is 1. The molecule has 35 heavy (non-hydrogen) atoms. The third-order valence-corrected chi connectivity index (χ3v) is 6.00. The summed E-state index contributed by atoms with van der Waals surface area (Å²) in [5.41, 5.74) is 1.19. The number of ketones is 1. The second kappa shape index (κ2) is 8.91. The molecule has 7 heteroatoms. The minimum absolute atomic E-state index is 0.0770. The fourth-order valence-electron chi connectivity index (χ4n) is 4.33. The Kier molecular flexibility index (Phi) is 6.11. The molecular weight excluding hydrogens is 449 g/mol. The summed E-state index contributed by atoms with van der Waals surface area (Å²) in [5.74, 6) is -2.22. The number of aromatic hydroxyl groups is 1. The molecular formula is C28H26FNO5. The number of rotatable bonds is 4. The van der Waals surface area contributed by atoms with E-state index in [1.165, 1.54) is 30.3 Å². The molecule has 180 valence electrons. The number of aliphatic hydroxyl groups excluding tert-OH is 1. The summed E-state index contributed by atoms with van der Waals surface area (Å²) in [6, 6.07) is 15.3. The van der Waals surface area contributed by atoms with Crippen LogP contribution in [-0.2, 0) is 15.0 Å². The Morgan fingerprint density at radius 1 is 1.00 bits per heavy atom. The molecule has 1 fully saturated rings. The number of amides is 1. The van der Waals surface area contributed by atoms with Crippen LogP contribution >= 0.6 is 0 Å². The minimum atomic E-state index is -1.08. The Hall–Kier alpha value is -4.13. The highest BCUT2D eigenvalue weighted by Gasteiger charge is 2.47. The third kappa shape index (κ3) is 4.37. The van der Waals surface area contributed by atoms with Crippen molar-refractivity contribution in [3.8, 4) is 11.5 Å². The molecule has 0 aliphatic carbocycles. The number of Topliss-reactive ketones (excluding diaryl/α,β-unsaturated/α-hetero) is 1. The lowest BCUT2D eigenvalue weighted by Crippen LogP contribution is -2.29. The van der Waals surface area contributed by atoms with E-state index in [0.717, 1.165) is 16.5 Å². The number of methoxy groups -OCH3 is 1. The van der Waals surface area contributed by atoms with Gasteiger partial charge >= 0.3 is 0 Å². The summed E-state index contributed by atoms with van der Waals surface area (Å²) in [4.78, 5) is 27.6. The van der Waals surface area contributed by atoms with Crippen LogP contribution in [0.4, 0.5) is 10.1 Å². The zero-order valence-corrected chi connectivity index (χ0v) is 19.9. The summed E-state index contributed by atoms with van der Waals surface area (Å²) >= 11 is 0. The van der Waals surface area contributed by atoms with Crippen LogP contribution in [0.5, 0.6) is 11.5 Å². The fourth-order valence-corrected chi connectivity index (χ4v) is 4.33. The van der Waals surface area contributed by atoms with Crippen molar-refractivity contribution in [1.29, 1.82) is 0 Å². The lowest BCUT2D eigenvalue weighted by Gasteiger charge is -2.26. The Labute approximate surface area is 202 Å². The van der Waals surface area contributed by atoms with Crippen LogP contribution in [0.15, 0.2) is 72.3 Å².